The van der Waals surface area contributed by atoms with E-state index in [0.717, 1.165) is 25.2 Å². The number of aryl methyl sites for hydroxylation is 1. The van der Waals surface area contributed by atoms with Crippen LogP contribution < -0.4 is 0 Å². The number of rotatable bonds is 6. The topological polar surface area (TPSA) is 26.3 Å². The molecule has 2 fully saturated rings. The lowest BCUT2D eigenvalue weighted by Gasteiger charge is -2.26. The first-order valence-corrected chi connectivity index (χ1v) is 10.6. The van der Waals surface area contributed by atoms with Gasteiger partial charge in [0, 0.05) is 5.41 Å². The van der Waals surface area contributed by atoms with E-state index >= 15 is 0 Å². The minimum atomic E-state index is 0.00947. The van der Waals surface area contributed by atoms with Crippen LogP contribution in [0.4, 0.5) is 0 Å². The molecule has 0 radical (unpaired) electrons. The Morgan fingerprint density at radius 3 is 2.96 bits per heavy atom. The lowest BCUT2D eigenvalue weighted by atomic mass is 9.79. The molecule has 2 heteroatoms. The third-order valence-corrected chi connectivity index (χ3v) is 7.06. The van der Waals surface area contributed by atoms with Gasteiger partial charge >= 0.3 is 5.97 Å². The fraction of sp³-hybridized carbons (Fsp3) is 0.625. The molecule has 0 N–H and O–H groups in total. The lowest BCUT2D eigenvalue weighted by Crippen LogP contribution is -2.17. The van der Waals surface area contributed by atoms with Gasteiger partial charge in [-0.2, -0.15) is 0 Å². The zero-order chi connectivity index (χ0) is 18.0. The third-order valence-electron chi connectivity index (χ3n) is 7.06. The molecule has 2 nitrogen and oxygen atoms in total. The Morgan fingerprint density at radius 1 is 1.23 bits per heavy atom. The molecule has 140 valence electrons. The van der Waals surface area contributed by atoms with Crippen LogP contribution in [0.2, 0.25) is 0 Å². The first kappa shape index (κ1) is 17.8. The molecule has 1 aromatic rings. The predicted octanol–water partition coefficient (Wildman–Crippen LogP) is 5.74. The summed E-state index contributed by atoms with van der Waals surface area (Å²) in [7, 11) is 0. The monoisotopic (exact) mass is 352 g/mol. The second-order valence-corrected chi connectivity index (χ2v) is 8.99. The van der Waals surface area contributed by atoms with Gasteiger partial charge in [0.05, 0.1) is 13.0 Å². The molecule has 26 heavy (non-hydrogen) atoms. The Kier molecular flexibility index (Phi) is 5.20. The molecule has 1 spiro atoms. The van der Waals surface area contributed by atoms with Gasteiger partial charge in [-0.15, -0.1) is 6.58 Å². The number of unbranched alkanes of at least 4 members (excludes halogenated alkanes) is 2. The average Bonchev–Trinajstić information content (AvgIpc) is 3.24. The van der Waals surface area contributed by atoms with Crippen LogP contribution in [-0.4, -0.2) is 12.6 Å². The van der Waals surface area contributed by atoms with Crippen LogP contribution >= 0.6 is 0 Å². The van der Waals surface area contributed by atoms with E-state index in [1.165, 1.54) is 50.5 Å². The van der Waals surface area contributed by atoms with Gasteiger partial charge in [-0.05, 0) is 79.9 Å². The Labute approximate surface area is 158 Å². The number of allylic oxidation sites excluding steroid dienone is 1. The molecule has 1 aromatic carbocycles. The van der Waals surface area contributed by atoms with Gasteiger partial charge in [0.2, 0.25) is 0 Å². The van der Waals surface area contributed by atoms with Crippen LogP contribution in [0.5, 0.6) is 0 Å². The van der Waals surface area contributed by atoms with Crippen molar-refractivity contribution in [3.05, 3.63) is 47.5 Å². The zero-order valence-electron chi connectivity index (χ0n) is 16.0. The zero-order valence-corrected chi connectivity index (χ0v) is 16.0. The Morgan fingerprint density at radius 2 is 2.15 bits per heavy atom. The largest absolute Gasteiger partial charge is 0.465 e. The Hall–Kier alpha value is -1.57. The minimum absolute atomic E-state index is 0.00947. The second-order valence-electron chi connectivity index (χ2n) is 8.99. The van der Waals surface area contributed by atoms with Gasteiger partial charge in [0.15, 0.2) is 0 Å². The van der Waals surface area contributed by atoms with Crippen molar-refractivity contribution in [1.29, 1.82) is 0 Å². The van der Waals surface area contributed by atoms with E-state index in [-0.39, 0.29) is 11.4 Å². The van der Waals surface area contributed by atoms with E-state index < -0.39 is 0 Å². The lowest BCUT2D eigenvalue weighted by molar-refractivity contribution is -0.137. The van der Waals surface area contributed by atoms with Crippen molar-refractivity contribution in [2.75, 3.05) is 6.61 Å². The van der Waals surface area contributed by atoms with Gasteiger partial charge in [-0.3, -0.25) is 4.79 Å². The normalized spacial score (nSPS) is 30.4. The van der Waals surface area contributed by atoms with Gasteiger partial charge in [0.1, 0.15) is 0 Å². The standard InChI is InChI=1S/C24H32O2/c1-2-3-4-5-6-18-7-8-20-14-21(10-9-19(20)13-18)22-11-12-24(15-22)16-23(25)26-17-24/h2,9-10,14,18,22H,1,3-8,11-13,15-17H2/t18-,22-,24-/m0/s1. The summed E-state index contributed by atoms with van der Waals surface area (Å²) in [6, 6.07) is 7.27. The maximum atomic E-state index is 11.6. The quantitative estimate of drug-likeness (QED) is 0.371. The highest BCUT2D eigenvalue weighted by molar-refractivity contribution is 5.72. The SMILES string of the molecule is C=CCCCC[C@H]1CCc2cc([C@H]3CC[C@]4(COC(=O)C4)C3)ccc2C1. The van der Waals surface area contributed by atoms with Crippen molar-refractivity contribution < 1.29 is 9.53 Å². The number of benzene rings is 1. The van der Waals surface area contributed by atoms with Crippen molar-refractivity contribution in [3.8, 4) is 0 Å². The first-order valence-electron chi connectivity index (χ1n) is 10.6. The van der Waals surface area contributed by atoms with Crippen LogP contribution in [0.1, 0.15) is 80.4 Å². The van der Waals surface area contributed by atoms with E-state index in [9.17, 15) is 4.79 Å². The van der Waals surface area contributed by atoms with Crippen molar-refractivity contribution in [2.24, 2.45) is 11.3 Å². The highest BCUT2D eigenvalue weighted by Gasteiger charge is 2.46. The smallest absolute Gasteiger partial charge is 0.306 e. The highest BCUT2D eigenvalue weighted by atomic mass is 16.5. The van der Waals surface area contributed by atoms with Gasteiger partial charge in [0.25, 0.3) is 0 Å². The summed E-state index contributed by atoms with van der Waals surface area (Å²) in [5, 5.41) is 0. The molecule has 0 unspecified atom stereocenters. The summed E-state index contributed by atoms with van der Waals surface area (Å²) >= 11 is 0. The molecule has 0 aromatic heterocycles. The second kappa shape index (κ2) is 7.58. The van der Waals surface area contributed by atoms with E-state index in [0.29, 0.717) is 18.9 Å². The molecule has 1 saturated heterocycles. The minimum Gasteiger partial charge on any atom is -0.465 e. The van der Waals surface area contributed by atoms with Gasteiger partial charge in [-0.25, -0.2) is 0 Å². The number of carbonyl (C=O) groups is 1. The number of esters is 1. The fourth-order valence-corrected chi connectivity index (χ4v) is 5.50. The molecule has 2 aliphatic carbocycles. The van der Waals surface area contributed by atoms with E-state index in [1.807, 2.05) is 6.08 Å². The summed E-state index contributed by atoms with van der Waals surface area (Å²) in [4.78, 5) is 11.6. The number of fused-ring (bicyclic) bond motifs is 1. The maximum Gasteiger partial charge on any atom is 0.306 e. The van der Waals surface area contributed by atoms with Crippen molar-refractivity contribution in [1.82, 2.24) is 0 Å². The number of ether oxygens (including phenoxy) is 1. The Balaban J connectivity index is 1.37. The van der Waals surface area contributed by atoms with Crippen molar-refractivity contribution >= 4 is 5.97 Å². The average molecular weight is 353 g/mol. The summed E-state index contributed by atoms with van der Waals surface area (Å²) in [6.07, 6.45) is 15.2. The van der Waals surface area contributed by atoms with Gasteiger partial charge in [-0.1, -0.05) is 37.1 Å². The predicted molar refractivity (Wildman–Crippen MR) is 105 cm³/mol. The van der Waals surface area contributed by atoms with Crippen LogP contribution in [0.3, 0.4) is 0 Å². The summed E-state index contributed by atoms with van der Waals surface area (Å²) in [5.74, 6) is 1.50. The van der Waals surface area contributed by atoms with Crippen LogP contribution in [0.25, 0.3) is 0 Å². The summed E-state index contributed by atoms with van der Waals surface area (Å²) < 4.78 is 5.28. The maximum absolute atomic E-state index is 11.6. The van der Waals surface area contributed by atoms with E-state index in [4.69, 9.17) is 4.74 Å². The summed E-state index contributed by atoms with van der Waals surface area (Å²) in [5.41, 5.74) is 4.82. The van der Waals surface area contributed by atoms with Gasteiger partial charge < -0.3 is 4.74 Å². The number of hydrogen-bond acceptors (Lipinski definition) is 2. The van der Waals surface area contributed by atoms with Crippen LogP contribution in [0, 0.1) is 11.3 Å². The molecule has 3 aliphatic rings. The molecule has 4 rings (SSSR count). The molecule has 1 heterocycles. The molecule has 0 amide bonds. The van der Waals surface area contributed by atoms with E-state index in [1.54, 1.807) is 11.1 Å². The molecule has 0 bridgehead atoms. The Bertz CT molecular complexity index is 677. The number of cyclic esters (lactones) is 1. The summed E-state index contributed by atoms with van der Waals surface area (Å²) in [6.45, 7) is 4.47. The molecule has 1 saturated carbocycles. The fourth-order valence-electron chi connectivity index (χ4n) is 5.50. The molecule has 1 aliphatic heterocycles. The van der Waals surface area contributed by atoms with Crippen LogP contribution in [0.15, 0.2) is 30.9 Å². The third kappa shape index (κ3) is 3.75. The van der Waals surface area contributed by atoms with Crippen molar-refractivity contribution in [2.45, 2.75) is 76.5 Å². The molecule has 3 atom stereocenters. The molecular formula is C24H32O2. The number of hydrogen-bond donors (Lipinski definition) is 0. The number of carbonyl (C=O) groups excluding carboxylic acids is 1. The first-order chi connectivity index (χ1) is 12.7. The van der Waals surface area contributed by atoms with E-state index in [2.05, 4.69) is 24.8 Å². The highest BCUT2D eigenvalue weighted by Crippen LogP contribution is 2.51. The van der Waals surface area contributed by atoms with Crippen molar-refractivity contribution in [3.63, 3.8) is 0 Å². The molecular weight excluding hydrogens is 320 g/mol. The van der Waals surface area contributed by atoms with Crippen LogP contribution in [-0.2, 0) is 22.4 Å².